The van der Waals surface area contributed by atoms with Gasteiger partial charge in [-0.1, -0.05) is 18.2 Å². The van der Waals surface area contributed by atoms with Gasteiger partial charge in [-0.2, -0.15) is 0 Å². The molecule has 27 heavy (non-hydrogen) atoms. The molecule has 0 atom stereocenters. The van der Waals surface area contributed by atoms with Gasteiger partial charge in [-0.05, 0) is 41.8 Å². The maximum atomic E-state index is 12.8. The van der Waals surface area contributed by atoms with Gasteiger partial charge in [0.1, 0.15) is 0 Å². The molecule has 0 radical (unpaired) electrons. The molecule has 0 unspecified atom stereocenters. The highest BCUT2D eigenvalue weighted by Gasteiger charge is 2.17. The summed E-state index contributed by atoms with van der Waals surface area (Å²) in [4.78, 5) is 27.6. The van der Waals surface area contributed by atoms with Gasteiger partial charge in [-0.3, -0.25) is 9.59 Å². The highest BCUT2D eigenvalue weighted by atomic mass is 32.2. The van der Waals surface area contributed by atoms with Crippen LogP contribution in [0.25, 0.3) is 0 Å². The van der Waals surface area contributed by atoms with Crippen molar-refractivity contribution in [2.45, 2.75) is 15.5 Å². The van der Waals surface area contributed by atoms with Crippen LogP contribution in [0.15, 0.2) is 69.8 Å². The summed E-state index contributed by atoms with van der Waals surface area (Å²) < 4.78 is 0. The van der Waals surface area contributed by atoms with E-state index in [2.05, 4.69) is 22.1 Å². The van der Waals surface area contributed by atoms with Crippen molar-refractivity contribution in [3.8, 4) is 0 Å². The number of carbonyl (C=O) groups is 2. The van der Waals surface area contributed by atoms with E-state index in [-0.39, 0.29) is 11.8 Å². The first-order valence-electron chi connectivity index (χ1n) is 8.31. The molecule has 2 N–H and O–H groups in total. The number of fused-ring (bicyclic) bond motifs is 1. The summed E-state index contributed by atoms with van der Waals surface area (Å²) in [6.07, 6.45) is 0. The van der Waals surface area contributed by atoms with Crippen LogP contribution < -0.4 is 10.6 Å². The third-order valence-corrected chi connectivity index (χ3v) is 7.21. The Morgan fingerprint density at radius 1 is 1.15 bits per heavy atom. The van der Waals surface area contributed by atoms with E-state index in [9.17, 15) is 9.59 Å². The van der Waals surface area contributed by atoms with Crippen molar-refractivity contribution < 1.29 is 9.59 Å². The van der Waals surface area contributed by atoms with E-state index in [1.807, 2.05) is 42.5 Å². The Morgan fingerprint density at radius 2 is 2.04 bits per heavy atom. The third-order valence-electron chi connectivity index (χ3n) is 3.95. The van der Waals surface area contributed by atoms with Crippen LogP contribution in [0.3, 0.4) is 0 Å². The SMILES string of the molecule is O=C1CSc2ccc(NC(=O)c3ccccc3SCc3cccs3)cc2N1. The van der Waals surface area contributed by atoms with E-state index in [0.717, 1.165) is 21.2 Å². The van der Waals surface area contributed by atoms with Crippen molar-refractivity contribution in [3.05, 3.63) is 70.4 Å². The highest BCUT2D eigenvalue weighted by Crippen LogP contribution is 2.34. The predicted molar refractivity (Wildman–Crippen MR) is 114 cm³/mol. The Balaban J connectivity index is 1.50. The van der Waals surface area contributed by atoms with Crippen molar-refractivity contribution in [1.82, 2.24) is 0 Å². The Morgan fingerprint density at radius 3 is 2.89 bits per heavy atom. The number of anilines is 2. The van der Waals surface area contributed by atoms with Gasteiger partial charge >= 0.3 is 0 Å². The quantitative estimate of drug-likeness (QED) is 0.556. The summed E-state index contributed by atoms with van der Waals surface area (Å²) in [7, 11) is 0. The molecular weight excluding hydrogens is 396 g/mol. The van der Waals surface area contributed by atoms with Gasteiger partial charge in [0, 0.05) is 26.1 Å². The number of thiophene rings is 1. The number of amides is 2. The van der Waals surface area contributed by atoms with Gasteiger partial charge in [0.25, 0.3) is 5.91 Å². The molecular formula is C20H16N2O2S3. The van der Waals surface area contributed by atoms with Crippen LogP contribution in [0.4, 0.5) is 11.4 Å². The van der Waals surface area contributed by atoms with Crippen molar-refractivity contribution in [2.75, 3.05) is 16.4 Å². The van der Waals surface area contributed by atoms with Crippen molar-refractivity contribution in [1.29, 1.82) is 0 Å². The highest BCUT2D eigenvalue weighted by molar-refractivity contribution is 8.00. The molecule has 0 bridgehead atoms. The van der Waals surface area contributed by atoms with E-state index in [4.69, 9.17) is 0 Å². The zero-order valence-electron chi connectivity index (χ0n) is 14.2. The molecule has 4 nitrogen and oxygen atoms in total. The Labute approximate surface area is 169 Å². The van der Waals surface area contributed by atoms with Gasteiger partial charge in [0.05, 0.1) is 17.0 Å². The average Bonchev–Trinajstić information content (AvgIpc) is 3.20. The second-order valence-corrected chi connectivity index (χ2v) is 8.93. The van der Waals surface area contributed by atoms with Gasteiger partial charge in [0.2, 0.25) is 5.91 Å². The number of hydrogen-bond donors (Lipinski definition) is 2. The molecule has 0 spiro atoms. The average molecular weight is 413 g/mol. The van der Waals surface area contributed by atoms with Gasteiger partial charge in [-0.15, -0.1) is 34.9 Å². The monoisotopic (exact) mass is 412 g/mol. The zero-order chi connectivity index (χ0) is 18.6. The molecule has 2 heterocycles. The number of benzene rings is 2. The summed E-state index contributed by atoms with van der Waals surface area (Å²) in [6.45, 7) is 0. The molecule has 0 aliphatic carbocycles. The first-order valence-corrected chi connectivity index (χ1v) is 11.2. The topological polar surface area (TPSA) is 58.2 Å². The van der Waals surface area contributed by atoms with E-state index in [0.29, 0.717) is 17.0 Å². The molecule has 4 rings (SSSR count). The minimum Gasteiger partial charge on any atom is -0.324 e. The van der Waals surface area contributed by atoms with Gasteiger partial charge < -0.3 is 10.6 Å². The fraction of sp³-hybridized carbons (Fsp3) is 0.100. The minimum atomic E-state index is -0.154. The van der Waals surface area contributed by atoms with Crippen LogP contribution in [-0.2, 0) is 10.5 Å². The lowest BCUT2D eigenvalue weighted by atomic mass is 10.2. The molecule has 3 aromatic rings. The molecule has 1 aliphatic rings. The zero-order valence-corrected chi connectivity index (χ0v) is 16.7. The standard InChI is InChI=1S/C20H16N2O2S3/c23-19-12-27-18-8-7-13(10-16(18)22-19)21-20(24)15-5-1-2-6-17(15)26-11-14-4-3-9-25-14/h1-10H,11-12H2,(H,21,24)(H,22,23). The van der Waals surface area contributed by atoms with Crippen LogP contribution in [-0.4, -0.2) is 17.6 Å². The van der Waals surface area contributed by atoms with Crippen molar-refractivity contribution in [3.63, 3.8) is 0 Å². The smallest absolute Gasteiger partial charge is 0.256 e. The predicted octanol–water partition coefficient (Wildman–Crippen LogP) is 5.34. The lowest BCUT2D eigenvalue weighted by molar-refractivity contribution is -0.113. The van der Waals surface area contributed by atoms with Gasteiger partial charge in [0.15, 0.2) is 0 Å². The van der Waals surface area contributed by atoms with Crippen LogP contribution in [0.2, 0.25) is 0 Å². The first kappa shape index (κ1) is 18.2. The lowest BCUT2D eigenvalue weighted by Gasteiger charge is -2.17. The van der Waals surface area contributed by atoms with E-state index in [1.165, 1.54) is 16.6 Å². The lowest BCUT2D eigenvalue weighted by Crippen LogP contribution is -2.19. The molecule has 0 fully saturated rings. The van der Waals surface area contributed by atoms with E-state index in [1.54, 1.807) is 29.2 Å². The number of rotatable bonds is 5. The van der Waals surface area contributed by atoms with Crippen molar-refractivity contribution >= 4 is 58.0 Å². The van der Waals surface area contributed by atoms with Gasteiger partial charge in [-0.25, -0.2) is 0 Å². The van der Waals surface area contributed by atoms with Crippen LogP contribution in [0, 0.1) is 0 Å². The minimum absolute atomic E-state index is 0.0219. The second kappa shape index (κ2) is 8.21. The maximum absolute atomic E-state index is 12.8. The van der Waals surface area contributed by atoms with Crippen LogP contribution in [0.1, 0.15) is 15.2 Å². The summed E-state index contributed by atoms with van der Waals surface area (Å²) in [5.41, 5.74) is 2.06. The Hall–Kier alpha value is -2.22. The van der Waals surface area contributed by atoms with E-state index < -0.39 is 0 Å². The number of nitrogens with one attached hydrogen (secondary N) is 2. The second-order valence-electron chi connectivity index (χ2n) is 5.87. The molecule has 0 saturated heterocycles. The number of hydrogen-bond acceptors (Lipinski definition) is 5. The molecule has 7 heteroatoms. The molecule has 0 saturated carbocycles. The first-order chi connectivity index (χ1) is 13.2. The summed E-state index contributed by atoms with van der Waals surface area (Å²) in [5.74, 6) is 1.09. The fourth-order valence-corrected chi connectivity index (χ4v) is 5.29. The van der Waals surface area contributed by atoms with Crippen LogP contribution >= 0.6 is 34.9 Å². The number of carbonyl (C=O) groups excluding carboxylic acids is 2. The normalized spacial score (nSPS) is 13.0. The molecule has 1 aliphatic heterocycles. The van der Waals surface area contributed by atoms with E-state index >= 15 is 0 Å². The Kier molecular flexibility index (Phi) is 5.52. The molecule has 136 valence electrons. The summed E-state index contributed by atoms with van der Waals surface area (Å²) in [6, 6.07) is 17.3. The maximum Gasteiger partial charge on any atom is 0.256 e. The summed E-state index contributed by atoms with van der Waals surface area (Å²) >= 11 is 4.87. The fourth-order valence-electron chi connectivity index (χ4n) is 2.68. The van der Waals surface area contributed by atoms with Crippen LogP contribution in [0.5, 0.6) is 0 Å². The molecule has 2 amide bonds. The Bertz CT molecular complexity index is 987. The molecule has 1 aromatic heterocycles. The van der Waals surface area contributed by atoms with Crippen molar-refractivity contribution in [2.24, 2.45) is 0 Å². The third kappa shape index (κ3) is 4.37. The summed E-state index contributed by atoms with van der Waals surface area (Å²) in [5, 5.41) is 7.85. The largest absolute Gasteiger partial charge is 0.324 e. The molecule has 2 aromatic carbocycles. The number of thioether (sulfide) groups is 2.